The largest absolute Gasteiger partial charge is 0.341 e. The molecule has 1 aromatic heterocycles. The summed E-state index contributed by atoms with van der Waals surface area (Å²) in [6.45, 7) is 3.57. The molecule has 1 amide bonds. The van der Waals surface area contributed by atoms with Gasteiger partial charge in [0, 0.05) is 31.2 Å². The van der Waals surface area contributed by atoms with Crippen LogP contribution in [0, 0.1) is 6.92 Å². The standard InChI is InChI=1S/C17H18N4O/c1-12-10-18-16(19-11-12)21-8-6-17(7-9-21)13-4-2-3-5-14(13)20-15(17)22/h2-5,10-11H,6-9H2,1H3,(H,20,22). The van der Waals surface area contributed by atoms with Crippen molar-refractivity contribution in [3.8, 4) is 0 Å². The first-order chi connectivity index (χ1) is 10.7. The van der Waals surface area contributed by atoms with Crippen molar-refractivity contribution >= 4 is 17.5 Å². The number of aryl methyl sites for hydroxylation is 1. The van der Waals surface area contributed by atoms with Crippen LogP contribution in [0.2, 0.25) is 0 Å². The lowest BCUT2D eigenvalue weighted by atomic mass is 9.74. The van der Waals surface area contributed by atoms with Crippen LogP contribution < -0.4 is 10.2 Å². The van der Waals surface area contributed by atoms with Gasteiger partial charge in [0.2, 0.25) is 11.9 Å². The van der Waals surface area contributed by atoms with Crippen LogP contribution in [-0.4, -0.2) is 29.0 Å². The van der Waals surface area contributed by atoms with Gasteiger partial charge in [-0.05, 0) is 37.0 Å². The van der Waals surface area contributed by atoms with E-state index in [0.717, 1.165) is 48.7 Å². The smallest absolute Gasteiger partial charge is 0.235 e. The fraction of sp³-hybridized carbons (Fsp3) is 0.353. The summed E-state index contributed by atoms with van der Waals surface area (Å²) in [5, 5.41) is 3.03. The van der Waals surface area contributed by atoms with E-state index in [-0.39, 0.29) is 11.3 Å². The maximum Gasteiger partial charge on any atom is 0.235 e. The second-order valence-corrected chi connectivity index (χ2v) is 6.13. The van der Waals surface area contributed by atoms with Crippen molar-refractivity contribution in [1.82, 2.24) is 9.97 Å². The monoisotopic (exact) mass is 294 g/mol. The SMILES string of the molecule is Cc1cnc(N2CCC3(CC2)C(=O)Nc2ccccc23)nc1. The highest BCUT2D eigenvalue weighted by atomic mass is 16.2. The Hall–Kier alpha value is -2.43. The molecule has 0 bridgehead atoms. The van der Waals surface area contributed by atoms with E-state index >= 15 is 0 Å². The minimum absolute atomic E-state index is 0.137. The Labute approximate surface area is 129 Å². The van der Waals surface area contributed by atoms with Crippen LogP contribution >= 0.6 is 0 Å². The Morgan fingerprint density at radius 1 is 1.14 bits per heavy atom. The van der Waals surface area contributed by atoms with Gasteiger partial charge in [-0.3, -0.25) is 4.79 Å². The van der Waals surface area contributed by atoms with Gasteiger partial charge in [0.1, 0.15) is 0 Å². The van der Waals surface area contributed by atoms with Crippen molar-refractivity contribution in [1.29, 1.82) is 0 Å². The van der Waals surface area contributed by atoms with E-state index in [2.05, 4.69) is 26.3 Å². The first-order valence-corrected chi connectivity index (χ1v) is 7.64. The molecule has 1 fully saturated rings. The highest BCUT2D eigenvalue weighted by Crippen LogP contribution is 2.44. The molecule has 112 valence electrons. The number of fused-ring (bicyclic) bond motifs is 2. The van der Waals surface area contributed by atoms with Crippen LogP contribution in [0.5, 0.6) is 0 Å². The van der Waals surface area contributed by atoms with E-state index in [4.69, 9.17) is 0 Å². The summed E-state index contributed by atoms with van der Waals surface area (Å²) in [5.74, 6) is 0.894. The summed E-state index contributed by atoms with van der Waals surface area (Å²) >= 11 is 0. The number of anilines is 2. The van der Waals surface area contributed by atoms with Crippen molar-refractivity contribution in [2.45, 2.75) is 25.2 Å². The van der Waals surface area contributed by atoms with Crippen molar-refractivity contribution in [3.05, 3.63) is 47.8 Å². The molecule has 0 radical (unpaired) electrons. The lowest BCUT2D eigenvalue weighted by molar-refractivity contribution is -0.121. The van der Waals surface area contributed by atoms with Gasteiger partial charge in [-0.2, -0.15) is 0 Å². The molecule has 2 aliphatic heterocycles. The van der Waals surface area contributed by atoms with Crippen LogP contribution in [0.15, 0.2) is 36.7 Å². The zero-order valence-corrected chi connectivity index (χ0v) is 12.5. The van der Waals surface area contributed by atoms with Crippen molar-refractivity contribution < 1.29 is 4.79 Å². The number of benzene rings is 1. The topological polar surface area (TPSA) is 58.1 Å². The van der Waals surface area contributed by atoms with E-state index in [1.807, 2.05) is 37.5 Å². The molecule has 4 rings (SSSR count). The van der Waals surface area contributed by atoms with E-state index in [1.165, 1.54) is 0 Å². The van der Waals surface area contributed by atoms with E-state index in [0.29, 0.717) is 0 Å². The number of aromatic nitrogens is 2. The molecule has 1 saturated heterocycles. The molecule has 1 aromatic carbocycles. The summed E-state index contributed by atoms with van der Waals surface area (Å²) in [6, 6.07) is 8.03. The molecule has 0 unspecified atom stereocenters. The van der Waals surface area contributed by atoms with Crippen LogP contribution in [-0.2, 0) is 10.2 Å². The maximum absolute atomic E-state index is 12.5. The molecule has 2 aromatic rings. The normalized spacial score (nSPS) is 19.1. The van der Waals surface area contributed by atoms with E-state index in [9.17, 15) is 4.79 Å². The van der Waals surface area contributed by atoms with Gasteiger partial charge >= 0.3 is 0 Å². The molecule has 3 heterocycles. The van der Waals surface area contributed by atoms with Crippen LogP contribution in [0.4, 0.5) is 11.6 Å². The van der Waals surface area contributed by atoms with Crippen LogP contribution in [0.1, 0.15) is 24.0 Å². The predicted octanol–water partition coefficient (Wildman–Crippen LogP) is 2.28. The van der Waals surface area contributed by atoms with Crippen molar-refractivity contribution in [2.75, 3.05) is 23.3 Å². The molecular weight excluding hydrogens is 276 g/mol. The molecule has 2 aliphatic rings. The highest BCUT2D eigenvalue weighted by Gasteiger charge is 2.48. The third kappa shape index (κ3) is 1.89. The average molecular weight is 294 g/mol. The third-order valence-electron chi connectivity index (χ3n) is 4.79. The Kier molecular flexibility index (Phi) is 2.89. The van der Waals surface area contributed by atoms with Gasteiger partial charge in [-0.25, -0.2) is 9.97 Å². The summed E-state index contributed by atoms with van der Waals surface area (Å²) < 4.78 is 0. The Morgan fingerprint density at radius 2 is 1.82 bits per heavy atom. The first kappa shape index (κ1) is 13.2. The summed E-state index contributed by atoms with van der Waals surface area (Å²) in [6.07, 6.45) is 5.27. The number of carbonyl (C=O) groups excluding carboxylic acids is 1. The molecule has 22 heavy (non-hydrogen) atoms. The number of hydrogen-bond donors (Lipinski definition) is 1. The molecule has 1 N–H and O–H groups in total. The van der Waals surface area contributed by atoms with Gasteiger partial charge < -0.3 is 10.2 Å². The zero-order chi connectivity index (χ0) is 15.2. The Bertz CT molecular complexity index is 718. The number of nitrogens with zero attached hydrogens (tertiary/aromatic N) is 3. The van der Waals surface area contributed by atoms with Gasteiger partial charge in [0.15, 0.2) is 0 Å². The summed E-state index contributed by atoms with van der Waals surface area (Å²) in [4.78, 5) is 23.5. The molecule has 1 spiro atoms. The van der Waals surface area contributed by atoms with E-state index in [1.54, 1.807) is 0 Å². The Balaban J connectivity index is 1.59. The van der Waals surface area contributed by atoms with Crippen molar-refractivity contribution in [2.24, 2.45) is 0 Å². The van der Waals surface area contributed by atoms with Gasteiger partial charge in [-0.15, -0.1) is 0 Å². The van der Waals surface area contributed by atoms with Crippen molar-refractivity contribution in [3.63, 3.8) is 0 Å². The molecule has 5 nitrogen and oxygen atoms in total. The van der Waals surface area contributed by atoms with Gasteiger partial charge in [0.05, 0.1) is 5.41 Å². The third-order valence-corrected chi connectivity index (χ3v) is 4.79. The zero-order valence-electron chi connectivity index (χ0n) is 12.5. The highest BCUT2D eigenvalue weighted by molar-refractivity contribution is 6.06. The van der Waals surface area contributed by atoms with Gasteiger partial charge in [0.25, 0.3) is 0 Å². The Morgan fingerprint density at radius 3 is 2.55 bits per heavy atom. The fourth-order valence-corrected chi connectivity index (χ4v) is 3.51. The average Bonchev–Trinajstić information content (AvgIpc) is 2.82. The number of nitrogens with one attached hydrogen (secondary N) is 1. The number of rotatable bonds is 1. The number of piperidine rings is 1. The van der Waals surface area contributed by atoms with Crippen LogP contribution in [0.3, 0.4) is 0 Å². The minimum Gasteiger partial charge on any atom is -0.341 e. The number of carbonyl (C=O) groups is 1. The molecule has 0 aliphatic carbocycles. The van der Waals surface area contributed by atoms with Gasteiger partial charge in [-0.1, -0.05) is 18.2 Å². The second kappa shape index (κ2) is 4.80. The second-order valence-electron chi connectivity index (χ2n) is 6.13. The summed E-state index contributed by atoms with van der Waals surface area (Å²) in [7, 11) is 0. The fourth-order valence-electron chi connectivity index (χ4n) is 3.51. The number of amides is 1. The van der Waals surface area contributed by atoms with Crippen LogP contribution in [0.25, 0.3) is 0 Å². The molecule has 5 heteroatoms. The summed E-state index contributed by atoms with van der Waals surface area (Å²) in [5.41, 5.74) is 2.79. The lowest BCUT2D eigenvalue weighted by Gasteiger charge is -2.37. The van der Waals surface area contributed by atoms with E-state index < -0.39 is 0 Å². The molecule has 0 atom stereocenters. The molecule has 0 saturated carbocycles. The minimum atomic E-state index is -0.377. The number of hydrogen-bond acceptors (Lipinski definition) is 4. The predicted molar refractivity (Wildman–Crippen MR) is 85.0 cm³/mol. The maximum atomic E-state index is 12.5. The first-order valence-electron chi connectivity index (χ1n) is 7.64. The quantitative estimate of drug-likeness (QED) is 0.876. The number of para-hydroxylation sites is 1. The molecular formula is C17H18N4O. The lowest BCUT2D eigenvalue weighted by Crippen LogP contribution is -2.47.